The Hall–Kier alpha value is -2.15. The Kier molecular flexibility index (Phi) is 3.89. The number of para-hydroxylation sites is 1. The molecular formula is C13H9BrF2N2O2. The number of phenolic OH excluding ortho intramolecular Hbond substituents is 1. The number of carbonyl (C=O) groups excluding carboxylic acids is 1. The molecule has 0 unspecified atom stereocenters. The number of hydrogen-bond acceptors (Lipinski definition) is 3. The van der Waals surface area contributed by atoms with Crippen molar-refractivity contribution in [1.29, 1.82) is 0 Å². The van der Waals surface area contributed by atoms with Gasteiger partial charge in [-0.25, -0.2) is 8.78 Å². The molecule has 0 aromatic heterocycles. The van der Waals surface area contributed by atoms with Crippen LogP contribution in [-0.2, 0) is 0 Å². The van der Waals surface area contributed by atoms with Gasteiger partial charge in [-0.1, -0.05) is 6.07 Å². The Bertz CT molecular complexity index is 692. The molecule has 2 aromatic carbocycles. The maximum absolute atomic E-state index is 13.6. The van der Waals surface area contributed by atoms with Crippen molar-refractivity contribution < 1.29 is 18.7 Å². The van der Waals surface area contributed by atoms with Gasteiger partial charge in [-0.3, -0.25) is 4.79 Å². The van der Waals surface area contributed by atoms with Gasteiger partial charge >= 0.3 is 0 Å². The van der Waals surface area contributed by atoms with Crippen LogP contribution >= 0.6 is 15.9 Å². The van der Waals surface area contributed by atoms with E-state index in [1.54, 1.807) is 0 Å². The van der Waals surface area contributed by atoms with Crippen LogP contribution in [0.2, 0.25) is 0 Å². The summed E-state index contributed by atoms with van der Waals surface area (Å²) in [6.07, 6.45) is 0. The molecule has 4 N–H and O–H groups in total. The zero-order valence-electron chi connectivity index (χ0n) is 9.95. The highest BCUT2D eigenvalue weighted by molar-refractivity contribution is 9.10. The Morgan fingerprint density at radius 2 is 1.95 bits per heavy atom. The molecule has 0 radical (unpaired) electrons. The van der Waals surface area contributed by atoms with Crippen molar-refractivity contribution in [3.8, 4) is 5.75 Å². The first-order valence-corrected chi connectivity index (χ1v) is 6.23. The minimum absolute atomic E-state index is 0.0140. The third kappa shape index (κ3) is 2.72. The van der Waals surface area contributed by atoms with Gasteiger partial charge in [0.1, 0.15) is 11.6 Å². The summed E-state index contributed by atoms with van der Waals surface area (Å²) in [5.74, 6) is -2.74. The van der Waals surface area contributed by atoms with E-state index < -0.39 is 23.3 Å². The largest absolute Gasteiger partial charge is 0.505 e. The molecule has 1 amide bonds. The zero-order chi connectivity index (χ0) is 14.9. The highest BCUT2D eigenvalue weighted by atomic mass is 79.9. The number of halogens is 3. The first-order valence-electron chi connectivity index (χ1n) is 5.43. The topological polar surface area (TPSA) is 75.4 Å². The number of carbonyl (C=O) groups is 1. The summed E-state index contributed by atoms with van der Waals surface area (Å²) < 4.78 is 26.9. The van der Waals surface area contributed by atoms with Crippen molar-refractivity contribution in [3.63, 3.8) is 0 Å². The van der Waals surface area contributed by atoms with E-state index in [1.807, 2.05) is 0 Å². The first-order chi connectivity index (χ1) is 9.40. The smallest absolute Gasteiger partial charge is 0.259 e. The molecule has 0 bridgehead atoms. The number of rotatable bonds is 2. The molecule has 0 heterocycles. The lowest BCUT2D eigenvalue weighted by atomic mass is 10.1. The standard InChI is InChI=1S/C13H9BrF2N2O2/c14-7-4-9(16)11(5-8(7)15)18-13(20)6-2-1-3-10(17)12(6)19/h1-5,19H,17H2,(H,18,20). The van der Waals surface area contributed by atoms with E-state index in [4.69, 9.17) is 5.73 Å². The molecular weight excluding hydrogens is 334 g/mol. The molecule has 0 atom stereocenters. The van der Waals surface area contributed by atoms with Crippen LogP contribution in [0.3, 0.4) is 0 Å². The SMILES string of the molecule is Nc1cccc(C(=O)Nc2cc(F)c(Br)cc2F)c1O. The molecule has 0 fully saturated rings. The van der Waals surface area contributed by atoms with E-state index >= 15 is 0 Å². The summed E-state index contributed by atoms with van der Waals surface area (Å²) in [5, 5.41) is 11.8. The van der Waals surface area contributed by atoms with Crippen molar-refractivity contribution >= 4 is 33.2 Å². The van der Waals surface area contributed by atoms with Crippen LogP contribution in [0.25, 0.3) is 0 Å². The summed E-state index contributed by atoms with van der Waals surface area (Å²) in [6, 6.07) is 5.91. The molecule has 4 nitrogen and oxygen atoms in total. The lowest BCUT2D eigenvalue weighted by Gasteiger charge is -2.09. The molecule has 20 heavy (non-hydrogen) atoms. The molecule has 0 aliphatic carbocycles. The van der Waals surface area contributed by atoms with E-state index in [2.05, 4.69) is 21.2 Å². The fourth-order valence-electron chi connectivity index (χ4n) is 1.55. The number of nitrogens with one attached hydrogen (secondary N) is 1. The molecule has 0 aliphatic rings. The van der Waals surface area contributed by atoms with Crippen LogP contribution in [0.1, 0.15) is 10.4 Å². The van der Waals surface area contributed by atoms with Crippen LogP contribution < -0.4 is 11.1 Å². The molecule has 0 saturated carbocycles. The number of nitrogens with two attached hydrogens (primary N) is 1. The van der Waals surface area contributed by atoms with E-state index in [0.717, 1.165) is 12.1 Å². The number of anilines is 2. The second kappa shape index (κ2) is 5.46. The van der Waals surface area contributed by atoms with Gasteiger partial charge in [-0.2, -0.15) is 0 Å². The maximum atomic E-state index is 13.6. The summed E-state index contributed by atoms with van der Waals surface area (Å²) in [4.78, 5) is 11.9. The van der Waals surface area contributed by atoms with Crippen LogP contribution in [0.15, 0.2) is 34.8 Å². The van der Waals surface area contributed by atoms with E-state index in [0.29, 0.717) is 0 Å². The third-order valence-electron chi connectivity index (χ3n) is 2.57. The van der Waals surface area contributed by atoms with Crippen LogP contribution in [0.4, 0.5) is 20.2 Å². The minimum atomic E-state index is -0.810. The van der Waals surface area contributed by atoms with E-state index in [9.17, 15) is 18.7 Å². The van der Waals surface area contributed by atoms with E-state index in [-0.39, 0.29) is 21.4 Å². The van der Waals surface area contributed by atoms with Crippen molar-refractivity contribution in [2.75, 3.05) is 11.1 Å². The van der Waals surface area contributed by atoms with E-state index in [1.165, 1.54) is 18.2 Å². The number of phenols is 1. The van der Waals surface area contributed by atoms with Gasteiger partial charge in [0.25, 0.3) is 5.91 Å². The zero-order valence-corrected chi connectivity index (χ0v) is 11.5. The monoisotopic (exact) mass is 342 g/mol. The Morgan fingerprint density at radius 3 is 2.65 bits per heavy atom. The predicted octanol–water partition coefficient (Wildman–Crippen LogP) is 3.27. The summed E-state index contributed by atoms with van der Waals surface area (Å²) >= 11 is 2.83. The van der Waals surface area contributed by atoms with Crippen molar-refractivity contribution in [2.24, 2.45) is 0 Å². The van der Waals surface area contributed by atoms with Crippen LogP contribution in [0.5, 0.6) is 5.75 Å². The van der Waals surface area contributed by atoms with Gasteiger partial charge < -0.3 is 16.2 Å². The molecule has 2 aromatic rings. The van der Waals surface area contributed by atoms with Crippen LogP contribution in [0, 0.1) is 11.6 Å². The molecule has 2 rings (SSSR count). The van der Waals surface area contributed by atoms with Gasteiger partial charge in [0.15, 0.2) is 5.75 Å². The lowest BCUT2D eigenvalue weighted by molar-refractivity contribution is 0.102. The van der Waals surface area contributed by atoms with Crippen molar-refractivity contribution in [3.05, 3.63) is 52.0 Å². The second-order valence-corrected chi connectivity index (χ2v) is 4.80. The molecule has 104 valence electrons. The highest BCUT2D eigenvalue weighted by Crippen LogP contribution is 2.27. The maximum Gasteiger partial charge on any atom is 0.259 e. The summed E-state index contributed by atoms with van der Waals surface area (Å²) in [7, 11) is 0. The lowest BCUT2D eigenvalue weighted by Crippen LogP contribution is -2.14. The Morgan fingerprint density at radius 1 is 1.25 bits per heavy atom. The van der Waals surface area contributed by atoms with Gasteiger partial charge in [-0.15, -0.1) is 0 Å². The van der Waals surface area contributed by atoms with Gasteiger partial charge in [0.05, 0.1) is 21.4 Å². The average Bonchev–Trinajstić information content (AvgIpc) is 2.39. The number of aromatic hydroxyl groups is 1. The van der Waals surface area contributed by atoms with Crippen molar-refractivity contribution in [2.45, 2.75) is 0 Å². The molecule has 0 saturated heterocycles. The Labute approximate surface area is 121 Å². The fraction of sp³-hybridized carbons (Fsp3) is 0. The Balaban J connectivity index is 2.33. The second-order valence-electron chi connectivity index (χ2n) is 3.94. The quantitative estimate of drug-likeness (QED) is 0.445. The average molecular weight is 343 g/mol. The highest BCUT2D eigenvalue weighted by Gasteiger charge is 2.16. The number of benzene rings is 2. The number of hydrogen-bond donors (Lipinski definition) is 3. The third-order valence-corrected chi connectivity index (χ3v) is 3.18. The molecule has 0 aliphatic heterocycles. The van der Waals surface area contributed by atoms with Gasteiger partial charge in [-0.05, 0) is 34.1 Å². The van der Waals surface area contributed by atoms with Crippen molar-refractivity contribution in [1.82, 2.24) is 0 Å². The summed E-state index contributed by atoms with van der Waals surface area (Å²) in [5.41, 5.74) is 5.00. The number of nitrogen functional groups attached to an aromatic ring is 1. The minimum Gasteiger partial charge on any atom is -0.505 e. The first kappa shape index (κ1) is 14.3. The molecule has 7 heteroatoms. The summed E-state index contributed by atoms with van der Waals surface area (Å²) in [6.45, 7) is 0. The predicted molar refractivity (Wildman–Crippen MR) is 74.5 cm³/mol. The van der Waals surface area contributed by atoms with Gasteiger partial charge in [0, 0.05) is 6.07 Å². The number of amides is 1. The normalized spacial score (nSPS) is 10.3. The van der Waals surface area contributed by atoms with Gasteiger partial charge in [0.2, 0.25) is 0 Å². The van der Waals surface area contributed by atoms with Crippen LogP contribution in [-0.4, -0.2) is 11.0 Å². The molecule has 0 spiro atoms. The fourth-order valence-corrected chi connectivity index (χ4v) is 1.87.